The van der Waals surface area contributed by atoms with Crippen LogP contribution in [0.5, 0.6) is 0 Å². The highest BCUT2D eigenvalue weighted by Crippen LogP contribution is 2.40. The molecule has 0 radical (unpaired) electrons. The zero-order valence-corrected chi connectivity index (χ0v) is 10.6. The predicted octanol–water partition coefficient (Wildman–Crippen LogP) is 3.08. The van der Waals surface area contributed by atoms with Gasteiger partial charge in [0, 0.05) is 34.1 Å². The fraction of sp³-hybridized carbons (Fsp3) is 0. The molecule has 4 rings (SSSR count). The molecule has 1 aliphatic rings. The summed E-state index contributed by atoms with van der Waals surface area (Å²) in [5.41, 5.74) is 1.80. The molecule has 0 atom stereocenters. The van der Waals surface area contributed by atoms with Crippen molar-refractivity contribution in [3.05, 3.63) is 47.7 Å². The first-order valence-corrected chi connectivity index (χ1v) is 6.69. The highest BCUT2D eigenvalue weighted by molar-refractivity contribution is 7.21. The van der Waals surface area contributed by atoms with Crippen LogP contribution in [0.1, 0.15) is 9.67 Å². The van der Waals surface area contributed by atoms with Gasteiger partial charge in [-0.15, -0.1) is 11.3 Å². The van der Waals surface area contributed by atoms with E-state index in [0.29, 0.717) is 4.88 Å². The number of thiophene rings is 1. The van der Waals surface area contributed by atoms with Crippen molar-refractivity contribution in [2.45, 2.75) is 0 Å². The molecule has 1 aliphatic heterocycles. The zero-order chi connectivity index (χ0) is 12.8. The summed E-state index contributed by atoms with van der Waals surface area (Å²) in [6.07, 6.45) is 5.13. The molecule has 1 aromatic carbocycles. The summed E-state index contributed by atoms with van der Waals surface area (Å²) in [5, 5.41) is 8.04. The molecule has 0 unspecified atom stereocenters. The van der Waals surface area contributed by atoms with Crippen LogP contribution < -0.4 is 10.6 Å². The average molecular weight is 267 g/mol. The summed E-state index contributed by atoms with van der Waals surface area (Å²) < 4.78 is 1.09. The molecule has 0 saturated carbocycles. The number of rotatable bonds is 0. The fourth-order valence-corrected chi connectivity index (χ4v) is 3.44. The van der Waals surface area contributed by atoms with Gasteiger partial charge >= 0.3 is 0 Å². The molecule has 5 heteroatoms. The van der Waals surface area contributed by atoms with E-state index in [1.807, 2.05) is 24.3 Å². The predicted molar refractivity (Wildman–Crippen MR) is 77.4 cm³/mol. The van der Waals surface area contributed by atoms with Gasteiger partial charge in [-0.3, -0.25) is 9.78 Å². The molecular formula is C14H9N3OS. The molecule has 3 heterocycles. The van der Waals surface area contributed by atoms with Crippen LogP contribution in [0.3, 0.4) is 0 Å². The van der Waals surface area contributed by atoms with Crippen LogP contribution in [0, 0.1) is 0 Å². The Balaban J connectivity index is 2.19. The summed E-state index contributed by atoms with van der Waals surface area (Å²) in [4.78, 5) is 17.1. The number of nitrogens with zero attached hydrogens (tertiary/aromatic N) is 1. The lowest BCUT2D eigenvalue weighted by atomic mass is 10.1. The highest BCUT2D eigenvalue weighted by atomic mass is 32.1. The Bertz CT molecular complexity index is 850. The van der Waals surface area contributed by atoms with Gasteiger partial charge in [-0.05, 0) is 18.2 Å². The Labute approximate surface area is 112 Å². The lowest BCUT2D eigenvalue weighted by molar-refractivity contribution is 0.0975. The van der Waals surface area contributed by atoms with Crippen molar-refractivity contribution < 1.29 is 4.79 Å². The number of anilines is 1. The first-order valence-electron chi connectivity index (χ1n) is 5.87. The summed E-state index contributed by atoms with van der Waals surface area (Å²) >= 11 is 1.49. The van der Waals surface area contributed by atoms with Gasteiger partial charge in [0.1, 0.15) is 4.88 Å². The van der Waals surface area contributed by atoms with E-state index in [1.165, 1.54) is 11.3 Å². The lowest BCUT2D eigenvalue weighted by Gasteiger charge is -2.02. The summed E-state index contributed by atoms with van der Waals surface area (Å²) in [6, 6.07) is 7.95. The molecule has 3 aromatic rings. The minimum Gasteiger partial charge on any atom is -0.358 e. The van der Waals surface area contributed by atoms with Gasteiger partial charge in [-0.1, -0.05) is 6.07 Å². The molecule has 0 saturated heterocycles. The first kappa shape index (κ1) is 10.5. The Morgan fingerprint density at radius 2 is 2.00 bits per heavy atom. The van der Waals surface area contributed by atoms with Crippen LogP contribution in [-0.2, 0) is 0 Å². The number of pyridine rings is 1. The highest BCUT2D eigenvalue weighted by Gasteiger charge is 2.20. The standard InChI is InChI=1S/C14H9N3OS/c18-14-13-12(16-6-7-17-14)11-8-2-1-5-15-9(8)3-4-10(11)19-13/h1-7,16H,(H,17,18). The van der Waals surface area contributed by atoms with Crippen molar-refractivity contribution >= 4 is 43.9 Å². The number of amides is 1. The number of nitrogens with one attached hydrogen (secondary N) is 2. The fourth-order valence-electron chi connectivity index (χ4n) is 2.36. The SMILES string of the molecule is O=C1NC=CNc2c1sc1ccc3ncccc3c21. The quantitative estimate of drug-likeness (QED) is 0.658. The number of hydrogen-bond acceptors (Lipinski definition) is 4. The number of carbonyl (C=O) groups is 1. The van der Waals surface area contributed by atoms with Crippen molar-refractivity contribution in [2.24, 2.45) is 0 Å². The maximum Gasteiger partial charge on any atom is 0.267 e. The molecule has 2 N–H and O–H groups in total. The van der Waals surface area contributed by atoms with Crippen LogP contribution in [0.2, 0.25) is 0 Å². The average Bonchev–Trinajstić information content (AvgIpc) is 2.73. The van der Waals surface area contributed by atoms with Crippen LogP contribution in [-0.4, -0.2) is 10.9 Å². The summed E-state index contributed by atoms with van der Waals surface area (Å²) in [5.74, 6) is -0.0745. The Morgan fingerprint density at radius 3 is 2.95 bits per heavy atom. The van der Waals surface area contributed by atoms with E-state index in [4.69, 9.17) is 0 Å². The topological polar surface area (TPSA) is 54.0 Å². The summed E-state index contributed by atoms with van der Waals surface area (Å²) in [7, 11) is 0. The lowest BCUT2D eigenvalue weighted by Crippen LogP contribution is -2.14. The van der Waals surface area contributed by atoms with E-state index in [1.54, 1.807) is 18.6 Å². The van der Waals surface area contributed by atoms with E-state index in [-0.39, 0.29) is 5.91 Å². The van der Waals surface area contributed by atoms with Crippen molar-refractivity contribution in [3.63, 3.8) is 0 Å². The third-order valence-corrected chi connectivity index (χ3v) is 4.32. The number of hydrogen-bond donors (Lipinski definition) is 2. The second-order valence-corrected chi connectivity index (χ2v) is 5.32. The molecular weight excluding hydrogens is 258 g/mol. The van der Waals surface area contributed by atoms with Crippen LogP contribution in [0.4, 0.5) is 5.69 Å². The monoisotopic (exact) mass is 267 g/mol. The molecule has 19 heavy (non-hydrogen) atoms. The summed E-state index contributed by atoms with van der Waals surface area (Å²) in [6.45, 7) is 0. The third kappa shape index (κ3) is 1.45. The van der Waals surface area contributed by atoms with E-state index in [0.717, 1.165) is 26.7 Å². The second kappa shape index (κ2) is 3.80. The number of aromatic nitrogens is 1. The molecule has 0 fully saturated rings. The smallest absolute Gasteiger partial charge is 0.267 e. The van der Waals surface area contributed by atoms with E-state index in [2.05, 4.69) is 15.6 Å². The van der Waals surface area contributed by atoms with Gasteiger partial charge in [0.15, 0.2) is 0 Å². The molecule has 1 amide bonds. The molecule has 92 valence electrons. The maximum atomic E-state index is 12.0. The Morgan fingerprint density at radius 1 is 1.11 bits per heavy atom. The van der Waals surface area contributed by atoms with Crippen LogP contribution >= 0.6 is 11.3 Å². The number of fused-ring (bicyclic) bond motifs is 5. The molecule has 0 spiro atoms. The van der Waals surface area contributed by atoms with Gasteiger partial charge in [0.2, 0.25) is 0 Å². The third-order valence-electron chi connectivity index (χ3n) is 3.17. The van der Waals surface area contributed by atoms with E-state index < -0.39 is 0 Å². The second-order valence-electron chi connectivity index (χ2n) is 4.27. The van der Waals surface area contributed by atoms with E-state index >= 15 is 0 Å². The van der Waals surface area contributed by atoms with Crippen LogP contribution in [0.15, 0.2) is 42.9 Å². The largest absolute Gasteiger partial charge is 0.358 e. The minimum absolute atomic E-state index is 0.0745. The van der Waals surface area contributed by atoms with Crippen molar-refractivity contribution in [2.75, 3.05) is 5.32 Å². The Kier molecular flexibility index (Phi) is 2.10. The zero-order valence-electron chi connectivity index (χ0n) is 9.81. The van der Waals surface area contributed by atoms with E-state index in [9.17, 15) is 4.79 Å². The van der Waals surface area contributed by atoms with Gasteiger partial charge < -0.3 is 10.6 Å². The number of benzene rings is 1. The van der Waals surface area contributed by atoms with Gasteiger partial charge in [-0.2, -0.15) is 0 Å². The molecule has 0 bridgehead atoms. The minimum atomic E-state index is -0.0745. The number of carbonyl (C=O) groups excluding carboxylic acids is 1. The van der Waals surface area contributed by atoms with Crippen molar-refractivity contribution in [1.82, 2.24) is 10.3 Å². The molecule has 4 nitrogen and oxygen atoms in total. The van der Waals surface area contributed by atoms with Crippen LogP contribution in [0.25, 0.3) is 21.0 Å². The van der Waals surface area contributed by atoms with Gasteiger partial charge in [-0.25, -0.2) is 0 Å². The maximum absolute atomic E-state index is 12.0. The van der Waals surface area contributed by atoms with Crippen molar-refractivity contribution in [1.29, 1.82) is 0 Å². The molecule has 2 aromatic heterocycles. The first-order chi connectivity index (χ1) is 9.34. The normalized spacial score (nSPS) is 14.0. The Hall–Kier alpha value is -2.40. The van der Waals surface area contributed by atoms with Gasteiger partial charge in [0.05, 0.1) is 11.2 Å². The van der Waals surface area contributed by atoms with Gasteiger partial charge in [0.25, 0.3) is 5.91 Å². The molecule has 0 aliphatic carbocycles. The van der Waals surface area contributed by atoms with Crippen molar-refractivity contribution in [3.8, 4) is 0 Å².